The Morgan fingerprint density at radius 3 is 2.19 bits per heavy atom. The highest BCUT2D eigenvalue weighted by Gasteiger charge is 2.06. The average molecular weight is 338 g/mol. The van der Waals surface area contributed by atoms with Gasteiger partial charge in [-0.25, -0.2) is 4.98 Å². The number of benzene rings is 3. The first kappa shape index (κ1) is 16.0. The van der Waals surface area contributed by atoms with Gasteiger partial charge in [-0.3, -0.25) is 4.79 Å². The average Bonchev–Trinajstić information content (AvgIpc) is 2.69. The number of hydrogen-bond acceptors (Lipinski definition) is 2. The number of anilines is 1. The topological polar surface area (TPSA) is 42.0 Å². The van der Waals surface area contributed by atoms with Crippen molar-refractivity contribution in [2.45, 2.75) is 6.42 Å². The van der Waals surface area contributed by atoms with Gasteiger partial charge in [-0.1, -0.05) is 78.9 Å². The molecule has 4 rings (SSSR count). The summed E-state index contributed by atoms with van der Waals surface area (Å²) >= 11 is 0. The lowest BCUT2D eigenvalue weighted by molar-refractivity contribution is -0.115. The van der Waals surface area contributed by atoms with Crippen LogP contribution in [0.1, 0.15) is 5.56 Å². The molecule has 0 aliphatic carbocycles. The van der Waals surface area contributed by atoms with Crippen molar-refractivity contribution >= 4 is 22.5 Å². The fourth-order valence-electron chi connectivity index (χ4n) is 2.97. The maximum Gasteiger partial charge on any atom is 0.229 e. The normalized spacial score (nSPS) is 10.6. The van der Waals surface area contributed by atoms with Crippen LogP contribution in [-0.4, -0.2) is 10.9 Å². The predicted octanol–water partition coefficient (Wildman–Crippen LogP) is 5.08. The molecule has 0 unspecified atom stereocenters. The fraction of sp³-hybridized carbons (Fsp3) is 0.0435. The number of carbonyl (C=O) groups is 1. The Hall–Kier alpha value is -3.46. The lowest BCUT2D eigenvalue weighted by Gasteiger charge is -2.07. The van der Waals surface area contributed by atoms with Crippen LogP contribution in [0.4, 0.5) is 5.82 Å². The molecule has 126 valence electrons. The van der Waals surface area contributed by atoms with Crippen LogP contribution in [0.2, 0.25) is 0 Å². The predicted molar refractivity (Wildman–Crippen MR) is 106 cm³/mol. The number of carbonyl (C=O) groups excluding carboxylic acids is 1. The molecule has 3 aromatic carbocycles. The van der Waals surface area contributed by atoms with Crippen molar-refractivity contribution in [3.8, 4) is 11.1 Å². The van der Waals surface area contributed by atoms with Gasteiger partial charge in [-0.05, 0) is 28.1 Å². The number of aromatic nitrogens is 1. The summed E-state index contributed by atoms with van der Waals surface area (Å²) in [5.74, 6) is 0.509. The van der Waals surface area contributed by atoms with Crippen LogP contribution in [0.3, 0.4) is 0 Å². The zero-order valence-electron chi connectivity index (χ0n) is 14.2. The van der Waals surface area contributed by atoms with Crippen molar-refractivity contribution in [1.29, 1.82) is 0 Å². The Balaban J connectivity index is 1.44. The number of fused-ring (bicyclic) bond motifs is 1. The third kappa shape index (κ3) is 3.62. The van der Waals surface area contributed by atoms with E-state index in [2.05, 4.69) is 22.4 Å². The summed E-state index contributed by atoms with van der Waals surface area (Å²) in [6, 6.07) is 28.1. The van der Waals surface area contributed by atoms with E-state index in [0.29, 0.717) is 12.2 Å². The van der Waals surface area contributed by atoms with E-state index >= 15 is 0 Å². The minimum atomic E-state index is -0.0692. The van der Waals surface area contributed by atoms with Crippen LogP contribution in [0.15, 0.2) is 91.1 Å². The van der Waals surface area contributed by atoms with Gasteiger partial charge in [0.2, 0.25) is 5.91 Å². The highest BCUT2D eigenvalue weighted by atomic mass is 16.1. The molecule has 0 aliphatic rings. The van der Waals surface area contributed by atoms with Gasteiger partial charge in [-0.15, -0.1) is 0 Å². The second kappa shape index (κ2) is 7.19. The van der Waals surface area contributed by atoms with Crippen LogP contribution in [0.25, 0.3) is 21.9 Å². The van der Waals surface area contributed by atoms with Crippen molar-refractivity contribution in [1.82, 2.24) is 4.98 Å². The number of nitrogens with zero attached hydrogens (tertiary/aromatic N) is 1. The minimum absolute atomic E-state index is 0.0692. The highest BCUT2D eigenvalue weighted by molar-refractivity contribution is 5.93. The molecule has 0 atom stereocenters. The van der Waals surface area contributed by atoms with E-state index in [1.807, 2.05) is 72.8 Å². The van der Waals surface area contributed by atoms with Crippen molar-refractivity contribution < 1.29 is 4.79 Å². The molecular weight excluding hydrogens is 320 g/mol. The molecule has 0 saturated heterocycles. The van der Waals surface area contributed by atoms with Gasteiger partial charge in [-0.2, -0.15) is 0 Å². The molecule has 3 nitrogen and oxygen atoms in total. The summed E-state index contributed by atoms with van der Waals surface area (Å²) in [5.41, 5.74) is 3.29. The molecule has 1 aromatic heterocycles. The molecule has 0 aliphatic heterocycles. The van der Waals surface area contributed by atoms with Crippen LogP contribution in [0, 0.1) is 0 Å². The molecule has 0 saturated carbocycles. The number of amides is 1. The van der Waals surface area contributed by atoms with Crippen LogP contribution < -0.4 is 5.32 Å². The Morgan fingerprint density at radius 1 is 0.769 bits per heavy atom. The van der Waals surface area contributed by atoms with E-state index in [4.69, 9.17) is 0 Å². The number of hydrogen-bond donors (Lipinski definition) is 1. The van der Waals surface area contributed by atoms with E-state index in [1.165, 1.54) is 5.56 Å². The van der Waals surface area contributed by atoms with Crippen LogP contribution >= 0.6 is 0 Å². The molecule has 26 heavy (non-hydrogen) atoms. The van der Waals surface area contributed by atoms with Crippen molar-refractivity contribution in [3.05, 3.63) is 96.7 Å². The van der Waals surface area contributed by atoms with Crippen molar-refractivity contribution in [2.75, 3.05) is 5.32 Å². The lowest BCUT2D eigenvalue weighted by atomic mass is 10.0. The monoisotopic (exact) mass is 338 g/mol. The van der Waals surface area contributed by atoms with E-state index in [0.717, 1.165) is 21.9 Å². The lowest BCUT2D eigenvalue weighted by Crippen LogP contribution is -2.15. The number of nitrogens with one attached hydrogen (secondary N) is 1. The molecule has 0 bridgehead atoms. The molecular formula is C23H18N2O. The molecule has 1 amide bonds. The third-order valence-electron chi connectivity index (χ3n) is 4.32. The quantitative estimate of drug-likeness (QED) is 0.563. The molecule has 0 radical (unpaired) electrons. The van der Waals surface area contributed by atoms with Crippen LogP contribution in [0.5, 0.6) is 0 Å². The zero-order valence-corrected chi connectivity index (χ0v) is 14.2. The van der Waals surface area contributed by atoms with Crippen molar-refractivity contribution in [3.63, 3.8) is 0 Å². The van der Waals surface area contributed by atoms with Crippen molar-refractivity contribution in [2.24, 2.45) is 0 Å². The van der Waals surface area contributed by atoms with E-state index in [1.54, 1.807) is 6.20 Å². The Labute approximate surface area is 152 Å². The smallest absolute Gasteiger partial charge is 0.229 e. The van der Waals surface area contributed by atoms with Gasteiger partial charge >= 0.3 is 0 Å². The van der Waals surface area contributed by atoms with Gasteiger partial charge in [0, 0.05) is 11.6 Å². The van der Waals surface area contributed by atoms with E-state index < -0.39 is 0 Å². The van der Waals surface area contributed by atoms with Gasteiger partial charge in [0.25, 0.3) is 0 Å². The third-order valence-corrected chi connectivity index (χ3v) is 4.32. The van der Waals surface area contributed by atoms with E-state index in [9.17, 15) is 4.79 Å². The molecule has 3 heteroatoms. The maximum atomic E-state index is 12.3. The summed E-state index contributed by atoms with van der Waals surface area (Å²) in [6.45, 7) is 0. The summed E-state index contributed by atoms with van der Waals surface area (Å²) in [7, 11) is 0. The SMILES string of the molecule is O=C(Cc1ccc(-c2ccccc2)cc1)Nc1cc2ccccc2cn1. The fourth-order valence-corrected chi connectivity index (χ4v) is 2.97. The second-order valence-corrected chi connectivity index (χ2v) is 6.20. The molecule has 0 spiro atoms. The van der Waals surface area contributed by atoms with Gasteiger partial charge in [0.15, 0.2) is 0 Å². The minimum Gasteiger partial charge on any atom is -0.310 e. The molecule has 4 aromatic rings. The van der Waals surface area contributed by atoms with Gasteiger partial charge < -0.3 is 5.32 Å². The first-order valence-electron chi connectivity index (χ1n) is 8.57. The molecule has 1 N–H and O–H groups in total. The number of pyridine rings is 1. The standard InChI is InChI=1S/C23H18N2O/c26-23(25-22-15-20-8-4-5-9-21(20)16-24-22)14-17-10-12-19(13-11-17)18-6-2-1-3-7-18/h1-13,15-16H,14H2,(H,24,25,26). The molecule has 1 heterocycles. The van der Waals surface area contributed by atoms with Crippen LogP contribution in [-0.2, 0) is 11.2 Å². The maximum absolute atomic E-state index is 12.3. The summed E-state index contributed by atoms with van der Waals surface area (Å²) in [6.07, 6.45) is 2.10. The second-order valence-electron chi connectivity index (χ2n) is 6.20. The highest BCUT2D eigenvalue weighted by Crippen LogP contribution is 2.20. The van der Waals surface area contributed by atoms with Gasteiger partial charge in [0.05, 0.1) is 6.42 Å². The Bertz CT molecular complexity index is 1040. The summed E-state index contributed by atoms with van der Waals surface area (Å²) < 4.78 is 0. The first-order chi connectivity index (χ1) is 12.8. The molecule has 0 fully saturated rings. The Kier molecular flexibility index (Phi) is 4.44. The largest absolute Gasteiger partial charge is 0.310 e. The summed E-state index contributed by atoms with van der Waals surface area (Å²) in [5, 5.41) is 5.00. The number of rotatable bonds is 4. The summed E-state index contributed by atoms with van der Waals surface area (Å²) in [4.78, 5) is 16.6. The zero-order chi connectivity index (χ0) is 17.8. The van der Waals surface area contributed by atoms with E-state index in [-0.39, 0.29) is 5.91 Å². The van der Waals surface area contributed by atoms with Gasteiger partial charge in [0.1, 0.15) is 5.82 Å². The first-order valence-corrected chi connectivity index (χ1v) is 8.57. The Morgan fingerprint density at radius 2 is 1.42 bits per heavy atom.